The number of carbonyl (C=O) groups is 2. The molecule has 4 atom stereocenters. The van der Waals surface area contributed by atoms with Gasteiger partial charge < -0.3 is 14.6 Å². The Kier molecular flexibility index (Phi) is 12.5. The molecule has 0 fully saturated rings. The molecule has 2 unspecified atom stereocenters. The van der Waals surface area contributed by atoms with Gasteiger partial charge in [0.05, 0.1) is 13.2 Å². The summed E-state index contributed by atoms with van der Waals surface area (Å²) in [6.45, 7) is 6.16. The van der Waals surface area contributed by atoms with Crippen molar-refractivity contribution < 1.29 is 24.2 Å². The van der Waals surface area contributed by atoms with Gasteiger partial charge in [0.25, 0.3) is 0 Å². The fourth-order valence-electron chi connectivity index (χ4n) is 4.09. The second kappa shape index (κ2) is 15.0. The van der Waals surface area contributed by atoms with E-state index in [4.69, 9.17) is 9.47 Å². The summed E-state index contributed by atoms with van der Waals surface area (Å²) < 4.78 is 10.5. The molecule has 0 saturated heterocycles. The van der Waals surface area contributed by atoms with Gasteiger partial charge in [0.2, 0.25) is 0 Å². The summed E-state index contributed by atoms with van der Waals surface area (Å²) in [5.41, 5.74) is 1.10. The van der Waals surface area contributed by atoms with Crippen molar-refractivity contribution in [1.29, 1.82) is 0 Å². The summed E-state index contributed by atoms with van der Waals surface area (Å²) in [4.78, 5) is 24.6. The number of allylic oxidation sites excluding steroid dienone is 3. The first-order valence-corrected chi connectivity index (χ1v) is 13.4. The van der Waals surface area contributed by atoms with Crippen molar-refractivity contribution in [2.24, 2.45) is 11.8 Å². The van der Waals surface area contributed by atoms with Gasteiger partial charge in [-0.3, -0.25) is 9.59 Å². The van der Waals surface area contributed by atoms with Crippen LogP contribution >= 0.6 is 11.8 Å². The standard InChI is InChI=1S/C28H40O5S/c1-5-12-27(31)33-25-19-20(2)23(28(25)34-18-11-7-10-15-26(30)32-4)16-17-24(29)21(3)22-13-8-6-9-14-22/h6,8-9,13-14,16-17,20-21,23-24,29H,5,7,10-12,15,18-19H2,1-4H3/b17-16+/t20?,21-,23-,24?/m0/s1. The number of rotatable bonds is 14. The molecule has 34 heavy (non-hydrogen) atoms. The van der Waals surface area contributed by atoms with Crippen LogP contribution in [0.5, 0.6) is 0 Å². The quantitative estimate of drug-likeness (QED) is 0.186. The van der Waals surface area contributed by atoms with E-state index in [-0.39, 0.29) is 23.8 Å². The molecule has 1 aliphatic carbocycles. The molecule has 1 aliphatic rings. The Balaban J connectivity index is 2.05. The van der Waals surface area contributed by atoms with Gasteiger partial charge in [-0.15, -0.1) is 11.8 Å². The maximum atomic E-state index is 12.2. The molecule has 0 aromatic heterocycles. The summed E-state index contributed by atoms with van der Waals surface area (Å²) in [5, 5.41) is 10.8. The van der Waals surface area contributed by atoms with Crippen LogP contribution in [0.3, 0.4) is 0 Å². The van der Waals surface area contributed by atoms with Crippen molar-refractivity contribution >= 4 is 23.7 Å². The van der Waals surface area contributed by atoms with Gasteiger partial charge in [0, 0.05) is 36.0 Å². The molecule has 6 heteroatoms. The molecule has 0 spiro atoms. The van der Waals surface area contributed by atoms with Crippen LogP contribution in [0.15, 0.2) is 53.1 Å². The number of aliphatic hydroxyl groups excluding tert-OH is 1. The lowest BCUT2D eigenvalue weighted by molar-refractivity contribution is -0.141. The molecule has 2 rings (SSSR count). The van der Waals surface area contributed by atoms with Crippen LogP contribution in [0.1, 0.15) is 77.2 Å². The van der Waals surface area contributed by atoms with E-state index in [1.54, 1.807) is 11.8 Å². The van der Waals surface area contributed by atoms with Crippen LogP contribution in [0.2, 0.25) is 0 Å². The first-order valence-electron chi connectivity index (χ1n) is 12.4. The minimum Gasteiger partial charge on any atom is -0.469 e. The molecule has 188 valence electrons. The highest BCUT2D eigenvalue weighted by atomic mass is 32.2. The van der Waals surface area contributed by atoms with Crippen molar-refractivity contribution in [3.05, 3.63) is 58.7 Å². The van der Waals surface area contributed by atoms with Gasteiger partial charge in [0.15, 0.2) is 0 Å². The molecule has 0 amide bonds. The predicted octanol–water partition coefficient (Wildman–Crippen LogP) is 6.38. The van der Waals surface area contributed by atoms with Crippen LogP contribution < -0.4 is 0 Å². The van der Waals surface area contributed by atoms with E-state index in [1.165, 1.54) is 7.11 Å². The second-order valence-electron chi connectivity index (χ2n) is 9.03. The SMILES string of the molecule is CCCC(=O)OC1=C(SCCCCCC(=O)OC)[C@@H](/C=C/C(O)[C@@H](C)c2ccccc2)C(C)C1. The summed E-state index contributed by atoms with van der Waals surface area (Å²) in [6.07, 6.45) is 8.47. The number of ether oxygens (including phenoxy) is 2. The van der Waals surface area contributed by atoms with E-state index in [1.807, 2.05) is 50.3 Å². The van der Waals surface area contributed by atoms with E-state index in [0.717, 1.165) is 54.1 Å². The topological polar surface area (TPSA) is 72.8 Å². The molecule has 1 aromatic rings. The Labute approximate surface area is 209 Å². The number of carbonyl (C=O) groups excluding carboxylic acids is 2. The fraction of sp³-hybridized carbons (Fsp3) is 0.571. The van der Waals surface area contributed by atoms with Gasteiger partial charge in [-0.2, -0.15) is 0 Å². The highest BCUT2D eigenvalue weighted by Gasteiger charge is 2.33. The molecular weight excluding hydrogens is 448 g/mol. The van der Waals surface area contributed by atoms with E-state index in [2.05, 4.69) is 13.0 Å². The number of methoxy groups -OCH3 is 1. The fourth-order valence-corrected chi connectivity index (χ4v) is 5.45. The second-order valence-corrected chi connectivity index (χ2v) is 10.2. The zero-order valence-corrected chi connectivity index (χ0v) is 21.8. The molecule has 1 aromatic carbocycles. The third-order valence-electron chi connectivity index (χ3n) is 6.25. The number of esters is 2. The van der Waals surface area contributed by atoms with Gasteiger partial charge in [0.1, 0.15) is 5.76 Å². The molecule has 1 N–H and O–H groups in total. The highest BCUT2D eigenvalue weighted by molar-refractivity contribution is 8.03. The van der Waals surface area contributed by atoms with Crippen LogP contribution in [-0.2, 0) is 19.1 Å². The van der Waals surface area contributed by atoms with Gasteiger partial charge in [-0.25, -0.2) is 0 Å². The van der Waals surface area contributed by atoms with Gasteiger partial charge >= 0.3 is 11.9 Å². The minimum atomic E-state index is -0.592. The van der Waals surface area contributed by atoms with Crippen LogP contribution in [0, 0.1) is 11.8 Å². The Morgan fingerprint density at radius 3 is 2.56 bits per heavy atom. The average Bonchev–Trinajstić information content (AvgIpc) is 3.12. The zero-order chi connectivity index (χ0) is 24.9. The van der Waals surface area contributed by atoms with Crippen molar-refractivity contribution in [2.45, 2.75) is 77.7 Å². The summed E-state index contributed by atoms with van der Waals surface area (Å²) >= 11 is 1.74. The Bertz CT molecular complexity index is 832. The minimum absolute atomic E-state index is 0.00842. The van der Waals surface area contributed by atoms with Crippen LogP contribution in [-0.4, -0.2) is 36.0 Å². The van der Waals surface area contributed by atoms with E-state index in [0.29, 0.717) is 18.8 Å². The Hall–Kier alpha value is -2.05. The monoisotopic (exact) mass is 488 g/mol. The number of aliphatic hydroxyl groups is 1. The van der Waals surface area contributed by atoms with E-state index in [9.17, 15) is 14.7 Å². The zero-order valence-electron chi connectivity index (χ0n) is 21.0. The molecule has 5 nitrogen and oxygen atoms in total. The predicted molar refractivity (Wildman–Crippen MR) is 138 cm³/mol. The molecule has 0 bridgehead atoms. The summed E-state index contributed by atoms with van der Waals surface area (Å²) in [5.74, 6) is 1.73. The molecule has 0 aliphatic heterocycles. The first-order chi connectivity index (χ1) is 16.4. The summed E-state index contributed by atoms with van der Waals surface area (Å²) in [6, 6.07) is 10.0. The largest absolute Gasteiger partial charge is 0.469 e. The Morgan fingerprint density at radius 1 is 1.15 bits per heavy atom. The number of benzene rings is 1. The number of unbranched alkanes of at least 4 members (excludes halogenated alkanes) is 2. The molecule has 0 radical (unpaired) electrons. The van der Waals surface area contributed by atoms with Crippen molar-refractivity contribution in [1.82, 2.24) is 0 Å². The maximum Gasteiger partial charge on any atom is 0.310 e. The molecule has 0 heterocycles. The normalized spacial score (nSPS) is 19.9. The van der Waals surface area contributed by atoms with Gasteiger partial charge in [-0.05, 0) is 36.5 Å². The van der Waals surface area contributed by atoms with Crippen molar-refractivity contribution in [3.8, 4) is 0 Å². The number of hydrogen-bond acceptors (Lipinski definition) is 6. The van der Waals surface area contributed by atoms with Crippen LogP contribution in [0.4, 0.5) is 0 Å². The lowest BCUT2D eigenvalue weighted by Gasteiger charge is -2.19. The molecular formula is C28H40O5S. The third kappa shape index (κ3) is 8.95. The first kappa shape index (κ1) is 28.2. The highest BCUT2D eigenvalue weighted by Crippen LogP contribution is 2.45. The third-order valence-corrected chi connectivity index (χ3v) is 7.56. The molecule has 0 saturated carbocycles. The maximum absolute atomic E-state index is 12.2. The lowest BCUT2D eigenvalue weighted by Crippen LogP contribution is -2.14. The van der Waals surface area contributed by atoms with Crippen LogP contribution in [0.25, 0.3) is 0 Å². The average molecular weight is 489 g/mol. The number of thioether (sulfide) groups is 1. The van der Waals surface area contributed by atoms with Gasteiger partial charge in [-0.1, -0.05) is 69.7 Å². The lowest BCUT2D eigenvalue weighted by atomic mass is 9.92. The smallest absolute Gasteiger partial charge is 0.310 e. The van der Waals surface area contributed by atoms with Crippen molar-refractivity contribution in [2.75, 3.05) is 12.9 Å². The summed E-state index contributed by atoms with van der Waals surface area (Å²) in [7, 11) is 1.42. The van der Waals surface area contributed by atoms with E-state index < -0.39 is 6.10 Å². The Morgan fingerprint density at radius 2 is 1.88 bits per heavy atom. The number of hydrogen-bond donors (Lipinski definition) is 1. The van der Waals surface area contributed by atoms with E-state index >= 15 is 0 Å². The van der Waals surface area contributed by atoms with Crippen molar-refractivity contribution in [3.63, 3.8) is 0 Å².